The summed E-state index contributed by atoms with van der Waals surface area (Å²) in [6, 6.07) is 0. The van der Waals surface area contributed by atoms with Gasteiger partial charge >= 0.3 is 5.97 Å². The minimum Gasteiger partial charge on any atom is -0.441 e. The number of amides is 1. The number of carbonyl (C=O) groups excluding carboxylic acids is 2. The van der Waals surface area contributed by atoms with Crippen molar-refractivity contribution in [3.05, 3.63) is 0 Å². The van der Waals surface area contributed by atoms with E-state index in [9.17, 15) is 9.59 Å². The molecule has 0 spiro atoms. The number of β-lactam (4-membered cyclic amide) rings is 1. The van der Waals surface area contributed by atoms with Crippen molar-refractivity contribution in [2.24, 2.45) is 17.8 Å². The molecule has 0 radical (unpaired) electrons. The Morgan fingerprint density at radius 2 is 2.06 bits per heavy atom. The van der Waals surface area contributed by atoms with Crippen LogP contribution in [0.25, 0.3) is 0 Å². The number of hydrogen-bond donors (Lipinski definition) is 1. The molecule has 6 heteroatoms. The monoisotopic (exact) mass is 273 g/mol. The normalized spacial score (nSPS) is 24.7. The average molecular weight is 273 g/mol. The van der Waals surface area contributed by atoms with E-state index in [4.69, 9.17) is 9.16 Å². The highest BCUT2D eigenvalue weighted by Gasteiger charge is 2.47. The van der Waals surface area contributed by atoms with Crippen LogP contribution in [0.2, 0.25) is 13.1 Å². The van der Waals surface area contributed by atoms with E-state index in [1.54, 1.807) is 0 Å². The summed E-state index contributed by atoms with van der Waals surface area (Å²) in [5.41, 5.74) is 0. The third kappa shape index (κ3) is 3.81. The maximum absolute atomic E-state index is 11.7. The third-order valence-electron chi connectivity index (χ3n) is 3.15. The second-order valence-corrected chi connectivity index (χ2v) is 7.79. The summed E-state index contributed by atoms with van der Waals surface area (Å²) < 4.78 is 10.8. The lowest BCUT2D eigenvalue weighted by Gasteiger charge is -2.41. The van der Waals surface area contributed by atoms with Crippen LogP contribution in [0, 0.1) is 17.8 Å². The fourth-order valence-corrected chi connectivity index (χ4v) is 2.69. The number of hydrogen-bond acceptors (Lipinski definition) is 4. The maximum atomic E-state index is 11.7. The van der Waals surface area contributed by atoms with Crippen molar-refractivity contribution in [3.63, 3.8) is 0 Å². The molecule has 1 saturated heterocycles. The molecule has 0 bridgehead atoms. The molecule has 0 saturated carbocycles. The SMILES string of the molecule is CC(=O)OC1NC(=O)[C@@H]1[C@H](CO[SiH](C)C)C(C)C. The first kappa shape index (κ1) is 15.2. The van der Waals surface area contributed by atoms with Crippen LogP contribution in [0.5, 0.6) is 0 Å². The molecular formula is C12H23NO4Si. The molecule has 1 unspecified atom stereocenters. The standard InChI is InChI=1S/C12H23NO4Si/c1-7(2)9(6-16-18(4)5)10-11(15)13-12(10)17-8(3)14/h7,9-10,12,18H,6H2,1-5H3,(H,13,15)/t9-,10+,12?/m1/s1. The summed E-state index contributed by atoms with van der Waals surface area (Å²) in [4.78, 5) is 22.6. The Hall–Kier alpha value is -0.883. The van der Waals surface area contributed by atoms with Crippen LogP contribution in [0.4, 0.5) is 0 Å². The predicted octanol–water partition coefficient (Wildman–Crippen LogP) is 0.894. The van der Waals surface area contributed by atoms with Crippen molar-refractivity contribution < 1.29 is 18.8 Å². The highest BCUT2D eigenvalue weighted by molar-refractivity contribution is 6.48. The maximum Gasteiger partial charge on any atom is 0.304 e. The van der Waals surface area contributed by atoms with E-state index in [-0.39, 0.29) is 23.7 Å². The molecular weight excluding hydrogens is 250 g/mol. The summed E-state index contributed by atoms with van der Waals surface area (Å²) in [5.74, 6) is -0.285. The van der Waals surface area contributed by atoms with Gasteiger partial charge in [-0.2, -0.15) is 0 Å². The van der Waals surface area contributed by atoms with Crippen molar-refractivity contribution in [1.29, 1.82) is 0 Å². The zero-order valence-corrected chi connectivity index (χ0v) is 12.9. The molecule has 3 atom stereocenters. The quantitative estimate of drug-likeness (QED) is 0.443. The van der Waals surface area contributed by atoms with Gasteiger partial charge in [0.2, 0.25) is 5.91 Å². The number of rotatable bonds is 6. The number of carbonyl (C=O) groups is 2. The lowest BCUT2D eigenvalue weighted by molar-refractivity contribution is -0.173. The summed E-state index contributed by atoms with van der Waals surface area (Å²) >= 11 is 0. The molecule has 1 fully saturated rings. The first-order chi connectivity index (χ1) is 8.32. The Morgan fingerprint density at radius 1 is 1.44 bits per heavy atom. The molecule has 1 heterocycles. The fraction of sp³-hybridized carbons (Fsp3) is 0.833. The van der Waals surface area contributed by atoms with E-state index < -0.39 is 15.3 Å². The summed E-state index contributed by atoms with van der Waals surface area (Å²) in [6.07, 6.45) is -0.486. The highest BCUT2D eigenvalue weighted by atomic mass is 28.3. The van der Waals surface area contributed by atoms with Crippen molar-refractivity contribution in [1.82, 2.24) is 5.32 Å². The van der Waals surface area contributed by atoms with Gasteiger partial charge in [-0.25, -0.2) is 0 Å². The molecule has 0 aromatic rings. The lowest BCUT2D eigenvalue weighted by atomic mass is 9.78. The van der Waals surface area contributed by atoms with E-state index in [0.717, 1.165) is 0 Å². The van der Waals surface area contributed by atoms with E-state index >= 15 is 0 Å². The number of nitrogens with one attached hydrogen (secondary N) is 1. The zero-order valence-electron chi connectivity index (χ0n) is 11.7. The first-order valence-corrected chi connectivity index (χ1v) is 9.20. The van der Waals surface area contributed by atoms with Gasteiger partial charge in [0.1, 0.15) is 0 Å². The zero-order chi connectivity index (χ0) is 13.9. The van der Waals surface area contributed by atoms with Crippen LogP contribution in [0.15, 0.2) is 0 Å². The lowest BCUT2D eigenvalue weighted by Crippen LogP contribution is -2.63. The predicted molar refractivity (Wildman–Crippen MR) is 70.3 cm³/mol. The molecule has 1 aliphatic rings. The second-order valence-electron chi connectivity index (χ2n) is 5.35. The van der Waals surface area contributed by atoms with Gasteiger partial charge in [0.25, 0.3) is 0 Å². The Labute approximate surface area is 110 Å². The van der Waals surface area contributed by atoms with Crippen LogP contribution in [0.3, 0.4) is 0 Å². The van der Waals surface area contributed by atoms with Gasteiger partial charge in [-0.05, 0) is 19.0 Å². The van der Waals surface area contributed by atoms with Gasteiger partial charge in [-0.3, -0.25) is 9.59 Å². The van der Waals surface area contributed by atoms with Gasteiger partial charge in [0.15, 0.2) is 15.3 Å². The van der Waals surface area contributed by atoms with Crippen LogP contribution < -0.4 is 5.32 Å². The van der Waals surface area contributed by atoms with E-state index in [2.05, 4.69) is 32.3 Å². The van der Waals surface area contributed by atoms with E-state index in [1.807, 2.05) is 0 Å². The van der Waals surface area contributed by atoms with Crippen LogP contribution in [0.1, 0.15) is 20.8 Å². The summed E-state index contributed by atoms with van der Waals surface area (Å²) in [5, 5.41) is 2.62. The smallest absolute Gasteiger partial charge is 0.304 e. The molecule has 0 aromatic heterocycles. The molecule has 1 amide bonds. The van der Waals surface area contributed by atoms with Crippen molar-refractivity contribution in [2.75, 3.05) is 6.61 Å². The minimum absolute atomic E-state index is 0.0472. The van der Waals surface area contributed by atoms with Crippen molar-refractivity contribution in [3.8, 4) is 0 Å². The second kappa shape index (κ2) is 6.33. The molecule has 0 aliphatic carbocycles. The van der Waals surface area contributed by atoms with Gasteiger partial charge in [0.05, 0.1) is 5.92 Å². The Bertz CT molecular complexity index is 319. The molecule has 1 rings (SSSR count). The molecule has 0 aromatic carbocycles. The van der Waals surface area contributed by atoms with Crippen LogP contribution in [-0.2, 0) is 18.8 Å². The van der Waals surface area contributed by atoms with Crippen molar-refractivity contribution >= 4 is 20.9 Å². The molecule has 104 valence electrons. The van der Waals surface area contributed by atoms with Gasteiger partial charge < -0.3 is 14.5 Å². The fourth-order valence-electron chi connectivity index (χ4n) is 2.08. The summed E-state index contributed by atoms with van der Waals surface area (Å²) in [6.45, 7) is 10.2. The average Bonchev–Trinajstić information content (AvgIpc) is 2.21. The van der Waals surface area contributed by atoms with Crippen LogP contribution >= 0.6 is 0 Å². The first-order valence-electron chi connectivity index (χ1n) is 6.42. The van der Waals surface area contributed by atoms with E-state index in [0.29, 0.717) is 12.5 Å². The highest BCUT2D eigenvalue weighted by Crippen LogP contribution is 2.31. The molecule has 18 heavy (non-hydrogen) atoms. The molecule has 5 nitrogen and oxygen atoms in total. The largest absolute Gasteiger partial charge is 0.441 e. The van der Waals surface area contributed by atoms with Gasteiger partial charge in [0, 0.05) is 19.4 Å². The number of ether oxygens (including phenoxy) is 1. The summed E-state index contributed by atoms with van der Waals surface area (Å²) in [7, 11) is -1.10. The Morgan fingerprint density at radius 3 is 2.44 bits per heavy atom. The van der Waals surface area contributed by atoms with Gasteiger partial charge in [-0.15, -0.1) is 0 Å². The Kier molecular flexibility index (Phi) is 5.34. The van der Waals surface area contributed by atoms with E-state index in [1.165, 1.54) is 6.92 Å². The Balaban J connectivity index is 2.65. The molecule has 1 aliphatic heterocycles. The topological polar surface area (TPSA) is 64.6 Å². The van der Waals surface area contributed by atoms with Crippen LogP contribution in [-0.4, -0.2) is 33.8 Å². The third-order valence-corrected chi connectivity index (χ3v) is 4.01. The van der Waals surface area contributed by atoms with Gasteiger partial charge in [-0.1, -0.05) is 13.8 Å². The van der Waals surface area contributed by atoms with Crippen molar-refractivity contribution in [2.45, 2.75) is 40.1 Å². The number of esters is 1. The molecule has 1 N–H and O–H groups in total. The minimum atomic E-state index is -1.10.